The Kier molecular flexibility index (Phi) is 3.64. The van der Waals surface area contributed by atoms with Gasteiger partial charge in [0.05, 0.1) is 12.7 Å². The van der Waals surface area contributed by atoms with E-state index in [1.807, 2.05) is 0 Å². The summed E-state index contributed by atoms with van der Waals surface area (Å²) in [6, 6.07) is 0. The van der Waals surface area contributed by atoms with Gasteiger partial charge < -0.3 is 4.74 Å². The van der Waals surface area contributed by atoms with Crippen LogP contribution in [0.2, 0.25) is 0 Å². The molecule has 0 N–H and O–H groups in total. The Morgan fingerprint density at radius 2 is 2.45 bits per heavy atom. The van der Waals surface area contributed by atoms with Gasteiger partial charge in [0.25, 0.3) is 0 Å². The Morgan fingerprint density at radius 3 is 3.09 bits per heavy atom. The van der Waals surface area contributed by atoms with Gasteiger partial charge in [0.1, 0.15) is 0 Å². The molecule has 1 nitrogen and oxygen atoms in total. The van der Waals surface area contributed by atoms with Crippen LogP contribution in [0.1, 0.15) is 39.5 Å². The van der Waals surface area contributed by atoms with Crippen molar-refractivity contribution in [1.82, 2.24) is 0 Å². The predicted molar refractivity (Wildman–Crippen MR) is 47.6 cm³/mol. The second-order valence-electron chi connectivity index (χ2n) is 3.35. The predicted octanol–water partition coefficient (Wildman–Crippen LogP) is 2.91. The molecule has 1 rings (SSSR count). The SMILES string of the molecule is CCCCC1CC(C)=CCO1. The molecule has 0 amide bonds. The molecule has 0 radical (unpaired) electrons. The third kappa shape index (κ3) is 3.06. The number of unbranched alkanes of at least 4 members (excludes halogenated alkanes) is 1. The second-order valence-corrected chi connectivity index (χ2v) is 3.35. The van der Waals surface area contributed by atoms with Crippen LogP contribution in [0.3, 0.4) is 0 Å². The van der Waals surface area contributed by atoms with E-state index >= 15 is 0 Å². The zero-order valence-corrected chi connectivity index (χ0v) is 7.60. The Labute approximate surface area is 69.4 Å². The van der Waals surface area contributed by atoms with Crippen molar-refractivity contribution < 1.29 is 4.74 Å². The minimum absolute atomic E-state index is 0.514. The number of hydrogen-bond donors (Lipinski definition) is 0. The molecule has 1 heterocycles. The molecule has 1 unspecified atom stereocenters. The molecule has 0 spiro atoms. The molecule has 11 heavy (non-hydrogen) atoms. The molecule has 0 bridgehead atoms. The molecule has 1 aliphatic rings. The number of ether oxygens (including phenoxy) is 1. The Morgan fingerprint density at radius 1 is 1.64 bits per heavy atom. The average Bonchev–Trinajstić information content (AvgIpc) is 2.01. The van der Waals surface area contributed by atoms with E-state index in [0.717, 1.165) is 13.0 Å². The Hall–Kier alpha value is -0.300. The highest BCUT2D eigenvalue weighted by Gasteiger charge is 2.12. The topological polar surface area (TPSA) is 9.23 Å². The van der Waals surface area contributed by atoms with Gasteiger partial charge in [0, 0.05) is 0 Å². The molecule has 64 valence electrons. The molecule has 1 aliphatic heterocycles. The summed E-state index contributed by atoms with van der Waals surface area (Å²) < 4.78 is 5.57. The van der Waals surface area contributed by atoms with Crippen molar-refractivity contribution in [2.75, 3.05) is 6.61 Å². The fourth-order valence-electron chi connectivity index (χ4n) is 1.45. The van der Waals surface area contributed by atoms with Gasteiger partial charge in [-0.3, -0.25) is 0 Å². The molecule has 1 heteroatoms. The summed E-state index contributed by atoms with van der Waals surface area (Å²) in [6.07, 6.45) is 7.67. The molecule has 0 aromatic carbocycles. The molecular formula is C10H18O. The van der Waals surface area contributed by atoms with Crippen molar-refractivity contribution in [2.45, 2.75) is 45.6 Å². The molecule has 0 fully saturated rings. The van der Waals surface area contributed by atoms with Gasteiger partial charge in [0.2, 0.25) is 0 Å². The van der Waals surface area contributed by atoms with Gasteiger partial charge in [-0.2, -0.15) is 0 Å². The highest BCUT2D eigenvalue weighted by Crippen LogP contribution is 2.18. The Balaban J connectivity index is 2.21. The maximum atomic E-state index is 5.57. The maximum Gasteiger partial charge on any atom is 0.0653 e. The third-order valence-corrected chi connectivity index (χ3v) is 2.19. The first-order valence-electron chi connectivity index (χ1n) is 4.60. The van der Waals surface area contributed by atoms with Gasteiger partial charge in [-0.1, -0.05) is 31.4 Å². The lowest BCUT2D eigenvalue weighted by Gasteiger charge is -2.21. The summed E-state index contributed by atoms with van der Waals surface area (Å²) >= 11 is 0. The molecule has 0 aromatic rings. The zero-order chi connectivity index (χ0) is 8.10. The molecule has 0 aromatic heterocycles. The van der Waals surface area contributed by atoms with Crippen LogP contribution in [-0.4, -0.2) is 12.7 Å². The summed E-state index contributed by atoms with van der Waals surface area (Å²) in [5, 5.41) is 0. The number of hydrogen-bond acceptors (Lipinski definition) is 1. The van der Waals surface area contributed by atoms with Crippen LogP contribution < -0.4 is 0 Å². The van der Waals surface area contributed by atoms with E-state index in [2.05, 4.69) is 19.9 Å². The van der Waals surface area contributed by atoms with Crippen molar-refractivity contribution in [2.24, 2.45) is 0 Å². The third-order valence-electron chi connectivity index (χ3n) is 2.19. The Bertz CT molecular complexity index is 138. The molecule has 0 saturated heterocycles. The van der Waals surface area contributed by atoms with E-state index in [1.54, 1.807) is 0 Å². The van der Waals surface area contributed by atoms with Crippen LogP contribution in [0.15, 0.2) is 11.6 Å². The first-order chi connectivity index (χ1) is 5.33. The first-order valence-corrected chi connectivity index (χ1v) is 4.60. The zero-order valence-electron chi connectivity index (χ0n) is 7.60. The van der Waals surface area contributed by atoms with Crippen LogP contribution in [-0.2, 0) is 4.74 Å². The fourth-order valence-corrected chi connectivity index (χ4v) is 1.45. The van der Waals surface area contributed by atoms with E-state index < -0.39 is 0 Å². The summed E-state index contributed by atoms with van der Waals surface area (Å²) in [5.74, 6) is 0. The van der Waals surface area contributed by atoms with E-state index in [0.29, 0.717) is 6.10 Å². The average molecular weight is 154 g/mol. The van der Waals surface area contributed by atoms with E-state index in [-0.39, 0.29) is 0 Å². The quantitative estimate of drug-likeness (QED) is 0.568. The van der Waals surface area contributed by atoms with Gasteiger partial charge in [-0.25, -0.2) is 0 Å². The van der Waals surface area contributed by atoms with E-state index in [9.17, 15) is 0 Å². The van der Waals surface area contributed by atoms with Crippen LogP contribution in [0, 0.1) is 0 Å². The monoisotopic (exact) mass is 154 g/mol. The summed E-state index contributed by atoms with van der Waals surface area (Å²) in [7, 11) is 0. The van der Waals surface area contributed by atoms with E-state index in [1.165, 1.54) is 24.8 Å². The normalized spacial score (nSPS) is 24.9. The minimum Gasteiger partial charge on any atom is -0.374 e. The largest absolute Gasteiger partial charge is 0.374 e. The highest BCUT2D eigenvalue weighted by atomic mass is 16.5. The van der Waals surface area contributed by atoms with Crippen molar-refractivity contribution in [1.29, 1.82) is 0 Å². The summed E-state index contributed by atoms with van der Waals surface area (Å²) in [5.41, 5.74) is 1.50. The molecule has 0 aliphatic carbocycles. The summed E-state index contributed by atoms with van der Waals surface area (Å²) in [6.45, 7) is 5.26. The van der Waals surface area contributed by atoms with Crippen molar-refractivity contribution in [3.63, 3.8) is 0 Å². The van der Waals surface area contributed by atoms with Gasteiger partial charge in [-0.15, -0.1) is 0 Å². The molecule has 1 atom stereocenters. The lowest BCUT2D eigenvalue weighted by molar-refractivity contribution is 0.0567. The standard InChI is InChI=1S/C10H18O/c1-3-4-5-10-8-9(2)6-7-11-10/h6,10H,3-5,7-8H2,1-2H3. The summed E-state index contributed by atoms with van der Waals surface area (Å²) in [4.78, 5) is 0. The van der Waals surface area contributed by atoms with E-state index in [4.69, 9.17) is 4.74 Å². The lowest BCUT2D eigenvalue weighted by Crippen LogP contribution is -2.17. The van der Waals surface area contributed by atoms with Crippen LogP contribution in [0.25, 0.3) is 0 Å². The van der Waals surface area contributed by atoms with Crippen molar-refractivity contribution in [3.8, 4) is 0 Å². The van der Waals surface area contributed by atoms with Gasteiger partial charge in [-0.05, 0) is 19.8 Å². The van der Waals surface area contributed by atoms with Crippen molar-refractivity contribution >= 4 is 0 Å². The van der Waals surface area contributed by atoms with Crippen LogP contribution in [0.4, 0.5) is 0 Å². The van der Waals surface area contributed by atoms with Crippen LogP contribution in [0.5, 0.6) is 0 Å². The fraction of sp³-hybridized carbons (Fsp3) is 0.800. The highest BCUT2D eigenvalue weighted by molar-refractivity contribution is 5.02. The van der Waals surface area contributed by atoms with Crippen LogP contribution >= 0.6 is 0 Å². The molecular weight excluding hydrogens is 136 g/mol. The van der Waals surface area contributed by atoms with Crippen molar-refractivity contribution in [3.05, 3.63) is 11.6 Å². The number of rotatable bonds is 3. The maximum absolute atomic E-state index is 5.57. The van der Waals surface area contributed by atoms with Gasteiger partial charge in [0.15, 0.2) is 0 Å². The first kappa shape index (κ1) is 8.79. The lowest BCUT2D eigenvalue weighted by atomic mass is 10.0. The molecule has 0 saturated carbocycles. The minimum atomic E-state index is 0.514. The van der Waals surface area contributed by atoms with Gasteiger partial charge >= 0.3 is 0 Å². The smallest absolute Gasteiger partial charge is 0.0653 e. The second kappa shape index (κ2) is 4.55.